The van der Waals surface area contributed by atoms with E-state index in [9.17, 15) is 9.90 Å². The summed E-state index contributed by atoms with van der Waals surface area (Å²) in [6.07, 6.45) is 1.99. The maximum Gasteiger partial charge on any atom is 0.251 e. The van der Waals surface area contributed by atoms with Crippen molar-refractivity contribution < 1.29 is 14.6 Å². The summed E-state index contributed by atoms with van der Waals surface area (Å²) in [4.78, 5) is 11.4. The molecule has 0 aliphatic rings. The van der Waals surface area contributed by atoms with Gasteiger partial charge < -0.3 is 15.2 Å². The molecule has 0 saturated carbocycles. The number of unbranched alkanes of at least 4 members (excludes halogenated alkanes) is 1. The van der Waals surface area contributed by atoms with Crippen molar-refractivity contribution in [2.24, 2.45) is 0 Å². The van der Waals surface area contributed by atoms with Crippen LogP contribution in [-0.4, -0.2) is 24.7 Å². The smallest absolute Gasteiger partial charge is 0.251 e. The molecule has 0 bridgehead atoms. The number of hydrogen-bond acceptors (Lipinski definition) is 3. The quantitative estimate of drug-likeness (QED) is 0.750. The van der Waals surface area contributed by atoms with Gasteiger partial charge in [-0.3, -0.25) is 4.79 Å². The molecular formula is C12H17NO3. The van der Waals surface area contributed by atoms with Gasteiger partial charge in [-0.2, -0.15) is 0 Å². The van der Waals surface area contributed by atoms with Crippen molar-refractivity contribution in [2.45, 2.75) is 19.8 Å². The topological polar surface area (TPSA) is 58.6 Å². The van der Waals surface area contributed by atoms with Crippen LogP contribution >= 0.6 is 0 Å². The molecule has 1 aromatic rings. The number of ether oxygens (including phenoxy) is 1. The molecule has 0 aliphatic carbocycles. The van der Waals surface area contributed by atoms with Gasteiger partial charge in [0, 0.05) is 18.7 Å². The molecular weight excluding hydrogens is 206 g/mol. The van der Waals surface area contributed by atoms with Gasteiger partial charge in [0.1, 0.15) is 11.5 Å². The maximum absolute atomic E-state index is 11.4. The van der Waals surface area contributed by atoms with E-state index < -0.39 is 0 Å². The van der Waals surface area contributed by atoms with Gasteiger partial charge in [0.15, 0.2) is 0 Å². The van der Waals surface area contributed by atoms with Crippen LogP contribution in [0.1, 0.15) is 30.1 Å². The normalized spacial score (nSPS) is 9.88. The minimum Gasteiger partial charge on any atom is -0.508 e. The summed E-state index contributed by atoms with van der Waals surface area (Å²) in [7, 11) is 1.55. The number of carbonyl (C=O) groups excluding carboxylic acids is 1. The van der Waals surface area contributed by atoms with Crippen LogP contribution in [0.2, 0.25) is 0 Å². The maximum atomic E-state index is 11.4. The molecule has 0 saturated heterocycles. The number of rotatable bonds is 5. The van der Waals surface area contributed by atoms with Gasteiger partial charge in [-0.05, 0) is 18.6 Å². The SMILES string of the molecule is CCCCOc1cc(O)cc(C(=O)NC)c1. The van der Waals surface area contributed by atoms with Gasteiger partial charge in [0.05, 0.1) is 6.61 Å². The van der Waals surface area contributed by atoms with Gasteiger partial charge in [-0.25, -0.2) is 0 Å². The number of benzene rings is 1. The Labute approximate surface area is 95.2 Å². The van der Waals surface area contributed by atoms with E-state index in [-0.39, 0.29) is 11.7 Å². The molecule has 0 radical (unpaired) electrons. The molecule has 4 heteroatoms. The van der Waals surface area contributed by atoms with Crippen molar-refractivity contribution in [3.8, 4) is 11.5 Å². The van der Waals surface area contributed by atoms with E-state index in [1.807, 2.05) is 0 Å². The summed E-state index contributed by atoms with van der Waals surface area (Å²) in [5.41, 5.74) is 0.397. The monoisotopic (exact) mass is 223 g/mol. The molecule has 0 aliphatic heterocycles. The minimum absolute atomic E-state index is 0.0348. The van der Waals surface area contributed by atoms with Gasteiger partial charge in [0.2, 0.25) is 0 Å². The summed E-state index contributed by atoms with van der Waals surface area (Å²) in [6, 6.07) is 4.53. The second-order valence-corrected chi connectivity index (χ2v) is 3.50. The Balaban J connectivity index is 2.77. The predicted octanol–water partition coefficient (Wildman–Crippen LogP) is 1.93. The molecule has 2 N–H and O–H groups in total. The highest BCUT2D eigenvalue weighted by molar-refractivity contribution is 5.94. The van der Waals surface area contributed by atoms with Gasteiger partial charge in [-0.15, -0.1) is 0 Å². The first-order valence-corrected chi connectivity index (χ1v) is 5.36. The summed E-state index contributed by atoms with van der Waals surface area (Å²) in [5.74, 6) is 0.316. The second-order valence-electron chi connectivity index (χ2n) is 3.50. The number of amides is 1. The highest BCUT2D eigenvalue weighted by Crippen LogP contribution is 2.22. The number of phenols is 1. The van der Waals surface area contributed by atoms with Crippen LogP contribution in [0.5, 0.6) is 11.5 Å². The molecule has 88 valence electrons. The molecule has 0 aromatic heterocycles. The van der Waals surface area contributed by atoms with Crippen molar-refractivity contribution in [3.05, 3.63) is 23.8 Å². The second kappa shape index (κ2) is 6.00. The first-order valence-electron chi connectivity index (χ1n) is 5.36. The minimum atomic E-state index is -0.240. The third kappa shape index (κ3) is 3.46. The van der Waals surface area contributed by atoms with Crippen LogP contribution in [0.4, 0.5) is 0 Å². The zero-order valence-corrected chi connectivity index (χ0v) is 9.62. The number of carbonyl (C=O) groups is 1. The Morgan fingerprint density at radius 2 is 2.19 bits per heavy atom. The average molecular weight is 223 g/mol. The molecule has 1 rings (SSSR count). The fourth-order valence-electron chi connectivity index (χ4n) is 1.28. The number of aromatic hydroxyl groups is 1. The van der Waals surface area contributed by atoms with Crippen molar-refractivity contribution in [2.75, 3.05) is 13.7 Å². The zero-order valence-electron chi connectivity index (χ0n) is 9.62. The van der Waals surface area contributed by atoms with Gasteiger partial charge in [-0.1, -0.05) is 13.3 Å². The van der Waals surface area contributed by atoms with E-state index in [0.717, 1.165) is 12.8 Å². The van der Waals surface area contributed by atoms with E-state index in [0.29, 0.717) is 17.9 Å². The Bertz CT molecular complexity index is 363. The largest absolute Gasteiger partial charge is 0.508 e. The molecule has 0 spiro atoms. The van der Waals surface area contributed by atoms with Crippen LogP contribution in [-0.2, 0) is 0 Å². The highest BCUT2D eigenvalue weighted by Gasteiger charge is 2.07. The van der Waals surface area contributed by atoms with Crippen molar-refractivity contribution in [1.29, 1.82) is 0 Å². The van der Waals surface area contributed by atoms with E-state index in [2.05, 4.69) is 12.2 Å². The fourth-order valence-corrected chi connectivity index (χ4v) is 1.28. The average Bonchev–Trinajstić information content (AvgIpc) is 2.27. The van der Waals surface area contributed by atoms with Gasteiger partial charge >= 0.3 is 0 Å². The number of hydrogen-bond donors (Lipinski definition) is 2. The Hall–Kier alpha value is -1.71. The van der Waals surface area contributed by atoms with E-state index >= 15 is 0 Å². The van der Waals surface area contributed by atoms with Crippen LogP contribution in [0.15, 0.2) is 18.2 Å². The standard InChI is InChI=1S/C12H17NO3/c1-3-4-5-16-11-7-9(12(15)13-2)6-10(14)8-11/h6-8,14H,3-5H2,1-2H3,(H,13,15). The molecule has 0 unspecified atom stereocenters. The fraction of sp³-hybridized carbons (Fsp3) is 0.417. The number of phenolic OH excluding ortho intramolecular Hbond substituents is 1. The van der Waals surface area contributed by atoms with Crippen LogP contribution in [0.3, 0.4) is 0 Å². The lowest BCUT2D eigenvalue weighted by atomic mass is 10.2. The van der Waals surface area contributed by atoms with Crippen molar-refractivity contribution in [3.63, 3.8) is 0 Å². The first-order chi connectivity index (χ1) is 7.67. The van der Waals surface area contributed by atoms with Crippen LogP contribution < -0.4 is 10.1 Å². The molecule has 0 fully saturated rings. The number of nitrogens with one attached hydrogen (secondary N) is 1. The van der Waals surface area contributed by atoms with Crippen LogP contribution in [0.25, 0.3) is 0 Å². The lowest BCUT2D eigenvalue weighted by molar-refractivity contribution is 0.0962. The van der Waals surface area contributed by atoms with Crippen molar-refractivity contribution >= 4 is 5.91 Å². The first kappa shape index (κ1) is 12.4. The Kier molecular flexibility index (Phi) is 4.64. The Morgan fingerprint density at radius 3 is 2.81 bits per heavy atom. The van der Waals surface area contributed by atoms with Gasteiger partial charge in [0.25, 0.3) is 5.91 Å². The van der Waals surface area contributed by atoms with E-state index in [1.54, 1.807) is 13.1 Å². The molecule has 0 heterocycles. The molecule has 1 aromatic carbocycles. The van der Waals surface area contributed by atoms with Crippen molar-refractivity contribution in [1.82, 2.24) is 5.32 Å². The van der Waals surface area contributed by atoms with E-state index in [1.165, 1.54) is 12.1 Å². The molecule has 4 nitrogen and oxygen atoms in total. The molecule has 0 atom stereocenters. The van der Waals surface area contributed by atoms with E-state index in [4.69, 9.17) is 4.74 Å². The summed E-state index contributed by atoms with van der Waals surface area (Å²) in [6.45, 7) is 2.66. The zero-order chi connectivity index (χ0) is 12.0. The summed E-state index contributed by atoms with van der Waals surface area (Å²) >= 11 is 0. The molecule has 1 amide bonds. The lowest BCUT2D eigenvalue weighted by Gasteiger charge is -2.08. The Morgan fingerprint density at radius 1 is 1.44 bits per heavy atom. The highest BCUT2D eigenvalue weighted by atomic mass is 16.5. The third-order valence-corrected chi connectivity index (χ3v) is 2.15. The summed E-state index contributed by atoms with van der Waals surface area (Å²) in [5, 5.41) is 11.9. The predicted molar refractivity (Wildman–Crippen MR) is 61.9 cm³/mol. The summed E-state index contributed by atoms with van der Waals surface area (Å²) < 4.78 is 5.42. The third-order valence-electron chi connectivity index (χ3n) is 2.15. The lowest BCUT2D eigenvalue weighted by Crippen LogP contribution is -2.17. The molecule has 16 heavy (non-hydrogen) atoms. The van der Waals surface area contributed by atoms with Crippen LogP contribution in [0, 0.1) is 0 Å².